The van der Waals surface area contributed by atoms with Crippen LogP contribution in [0.15, 0.2) is 42.5 Å². The zero-order valence-corrected chi connectivity index (χ0v) is 10.6. The summed E-state index contributed by atoms with van der Waals surface area (Å²) in [4.78, 5) is 0. The lowest BCUT2D eigenvalue weighted by atomic mass is 10.0. The Balaban J connectivity index is 2.30. The molecule has 88 valence electrons. The smallest absolute Gasteiger partial charge is 0.126 e. The first kappa shape index (κ1) is 12.0. The number of nitrogens with one attached hydrogen (secondary N) is 1. The monoisotopic (exact) mass is 247 g/mol. The van der Waals surface area contributed by atoms with Crippen molar-refractivity contribution in [3.8, 4) is 11.1 Å². The van der Waals surface area contributed by atoms with Crippen LogP contribution in [0.25, 0.3) is 11.1 Å². The molecule has 0 heterocycles. The summed E-state index contributed by atoms with van der Waals surface area (Å²) in [5.74, 6) is -0.159. The van der Waals surface area contributed by atoms with Gasteiger partial charge in [-0.3, -0.25) is 0 Å². The van der Waals surface area contributed by atoms with Crippen molar-refractivity contribution in [1.29, 1.82) is 0 Å². The van der Waals surface area contributed by atoms with Gasteiger partial charge >= 0.3 is 0 Å². The summed E-state index contributed by atoms with van der Waals surface area (Å²) in [6, 6.07) is 13.3. The van der Waals surface area contributed by atoms with Crippen LogP contribution >= 0.6 is 11.9 Å². The molecule has 0 atom stereocenters. The molecular weight excluding hydrogens is 233 g/mol. The van der Waals surface area contributed by atoms with Crippen LogP contribution in [0.5, 0.6) is 0 Å². The lowest BCUT2D eigenvalue weighted by Gasteiger charge is -2.06. The van der Waals surface area contributed by atoms with E-state index < -0.39 is 0 Å². The molecule has 0 saturated carbocycles. The minimum absolute atomic E-state index is 0.159. The van der Waals surface area contributed by atoms with E-state index in [0.717, 1.165) is 16.8 Å². The number of rotatable bonds is 3. The molecule has 2 aromatic rings. The van der Waals surface area contributed by atoms with Gasteiger partial charge in [-0.1, -0.05) is 36.2 Å². The van der Waals surface area contributed by atoms with Crippen LogP contribution in [0.2, 0.25) is 0 Å². The number of benzene rings is 2. The molecule has 2 aromatic carbocycles. The Bertz CT molecular complexity index is 508. The molecule has 1 nitrogen and oxygen atoms in total. The third kappa shape index (κ3) is 2.80. The van der Waals surface area contributed by atoms with Crippen molar-refractivity contribution in [1.82, 2.24) is 0 Å². The Morgan fingerprint density at radius 2 is 1.65 bits per heavy atom. The van der Waals surface area contributed by atoms with E-state index in [1.165, 1.54) is 0 Å². The van der Waals surface area contributed by atoms with E-state index in [1.807, 2.05) is 36.6 Å². The summed E-state index contributed by atoms with van der Waals surface area (Å²) in [6.45, 7) is 1.77. The Morgan fingerprint density at radius 3 is 2.24 bits per heavy atom. The van der Waals surface area contributed by atoms with E-state index in [9.17, 15) is 4.39 Å². The topological polar surface area (TPSA) is 12.0 Å². The molecule has 0 aliphatic carbocycles. The summed E-state index contributed by atoms with van der Waals surface area (Å²) >= 11 is 1.55. The molecule has 1 N–H and O–H groups in total. The van der Waals surface area contributed by atoms with Gasteiger partial charge in [0.1, 0.15) is 5.82 Å². The summed E-state index contributed by atoms with van der Waals surface area (Å²) in [6.07, 6.45) is 1.98. The van der Waals surface area contributed by atoms with Gasteiger partial charge in [-0.05, 0) is 41.8 Å². The molecule has 0 saturated heterocycles. The Labute approximate surface area is 105 Å². The van der Waals surface area contributed by atoms with Crippen LogP contribution in [0.4, 0.5) is 10.1 Å². The zero-order chi connectivity index (χ0) is 12.3. The van der Waals surface area contributed by atoms with Crippen molar-refractivity contribution in [2.24, 2.45) is 0 Å². The van der Waals surface area contributed by atoms with Crippen LogP contribution < -0.4 is 4.72 Å². The SMILES string of the molecule is CSNc1ccc(-c2ccc(C)c(F)c2)cc1. The van der Waals surface area contributed by atoms with E-state index in [0.29, 0.717) is 5.56 Å². The first-order valence-electron chi connectivity index (χ1n) is 5.36. The lowest BCUT2D eigenvalue weighted by Crippen LogP contribution is -1.86. The van der Waals surface area contributed by atoms with Crippen molar-refractivity contribution in [3.63, 3.8) is 0 Å². The van der Waals surface area contributed by atoms with Crippen molar-refractivity contribution >= 4 is 17.6 Å². The Kier molecular flexibility index (Phi) is 3.69. The van der Waals surface area contributed by atoms with E-state index in [-0.39, 0.29) is 5.82 Å². The second kappa shape index (κ2) is 5.23. The fourth-order valence-corrected chi connectivity index (χ4v) is 1.99. The van der Waals surface area contributed by atoms with Crippen LogP contribution in [-0.4, -0.2) is 6.26 Å². The largest absolute Gasteiger partial charge is 0.330 e. The molecule has 0 bridgehead atoms. The summed E-state index contributed by atoms with van der Waals surface area (Å²) in [5.41, 5.74) is 3.66. The molecule has 3 heteroatoms. The second-order valence-electron chi connectivity index (χ2n) is 3.85. The van der Waals surface area contributed by atoms with Crippen LogP contribution in [0.1, 0.15) is 5.56 Å². The van der Waals surface area contributed by atoms with E-state index >= 15 is 0 Å². The van der Waals surface area contributed by atoms with Crippen molar-refractivity contribution in [3.05, 3.63) is 53.8 Å². The molecule has 0 radical (unpaired) electrons. The van der Waals surface area contributed by atoms with Gasteiger partial charge < -0.3 is 4.72 Å². The molecular formula is C14H14FNS. The molecule has 0 amide bonds. The maximum Gasteiger partial charge on any atom is 0.126 e. The van der Waals surface area contributed by atoms with Crippen LogP contribution in [-0.2, 0) is 0 Å². The van der Waals surface area contributed by atoms with Gasteiger partial charge in [-0.2, -0.15) is 0 Å². The van der Waals surface area contributed by atoms with Gasteiger partial charge in [0, 0.05) is 11.9 Å². The van der Waals surface area contributed by atoms with Crippen LogP contribution in [0, 0.1) is 12.7 Å². The third-order valence-electron chi connectivity index (χ3n) is 2.61. The van der Waals surface area contributed by atoms with Gasteiger partial charge in [0.15, 0.2) is 0 Å². The third-order valence-corrected chi connectivity index (χ3v) is 3.05. The van der Waals surface area contributed by atoms with Crippen molar-refractivity contribution < 1.29 is 4.39 Å². The predicted octanol–water partition coefficient (Wildman–Crippen LogP) is 4.49. The lowest BCUT2D eigenvalue weighted by molar-refractivity contribution is 0.619. The first-order chi connectivity index (χ1) is 8.20. The predicted molar refractivity (Wildman–Crippen MR) is 73.7 cm³/mol. The number of anilines is 1. The molecule has 0 fully saturated rings. The molecule has 0 aliphatic rings. The minimum atomic E-state index is -0.159. The molecule has 2 rings (SSSR count). The zero-order valence-electron chi connectivity index (χ0n) is 9.83. The van der Waals surface area contributed by atoms with Gasteiger partial charge in [-0.15, -0.1) is 0 Å². The number of hydrogen-bond acceptors (Lipinski definition) is 2. The summed E-state index contributed by atoms with van der Waals surface area (Å²) in [7, 11) is 0. The fourth-order valence-electron chi connectivity index (χ4n) is 1.62. The molecule has 0 spiro atoms. The number of aryl methyl sites for hydroxylation is 1. The number of halogens is 1. The van der Waals surface area contributed by atoms with E-state index in [1.54, 1.807) is 31.0 Å². The Morgan fingerprint density at radius 1 is 1.00 bits per heavy atom. The molecule has 0 aromatic heterocycles. The van der Waals surface area contributed by atoms with Gasteiger partial charge in [0.25, 0.3) is 0 Å². The highest BCUT2D eigenvalue weighted by atomic mass is 32.2. The number of hydrogen-bond donors (Lipinski definition) is 1. The highest BCUT2D eigenvalue weighted by Crippen LogP contribution is 2.23. The fraction of sp³-hybridized carbons (Fsp3) is 0.143. The van der Waals surface area contributed by atoms with Gasteiger partial charge in [0.2, 0.25) is 0 Å². The maximum absolute atomic E-state index is 13.4. The molecule has 0 aliphatic heterocycles. The minimum Gasteiger partial charge on any atom is -0.330 e. The quantitative estimate of drug-likeness (QED) is 0.802. The second-order valence-corrected chi connectivity index (χ2v) is 4.46. The average molecular weight is 247 g/mol. The maximum atomic E-state index is 13.4. The van der Waals surface area contributed by atoms with Gasteiger partial charge in [0.05, 0.1) is 0 Å². The summed E-state index contributed by atoms with van der Waals surface area (Å²) in [5, 5.41) is 0. The van der Waals surface area contributed by atoms with Crippen molar-refractivity contribution in [2.45, 2.75) is 6.92 Å². The van der Waals surface area contributed by atoms with Crippen molar-refractivity contribution in [2.75, 3.05) is 11.0 Å². The Hall–Kier alpha value is -1.48. The molecule has 17 heavy (non-hydrogen) atoms. The normalized spacial score (nSPS) is 10.3. The molecule has 0 unspecified atom stereocenters. The van der Waals surface area contributed by atoms with E-state index in [2.05, 4.69) is 4.72 Å². The van der Waals surface area contributed by atoms with Crippen LogP contribution in [0.3, 0.4) is 0 Å². The average Bonchev–Trinajstić information content (AvgIpc) is 2.34. The summed E-state index contributed by atoms with van der Waals surface area (Å²) < 4.78 is 16.6. The highest BCUT2D eigenvalue weighted by Gasteiger charge is 2.02. The van der Waals surface area contributed by atoms with Gasteiger partial charge in [-0.25, -0.2) is 4.39 Å². The highest BCUT2D eigenvalue weighted by molar-refractivity contribution is 7.99. The van der Waals surface area contributed by atoms with E-state index in [4.69, 9.17) is 0 Å². The standard InChI is InChI=1S/C14H14FNS/c1-10-3-4-12(9-14(10)15)11-5-7-13(8-6-11)16-17-2/h3-9,16H,1-2H3. The first-order valence-corrected chi connectivity index (χ1v) is 6.59.